The van der Waals surface area contributed by atoms with Gasteiger partial charge in [0.05, 0.1) is 30.2 Å². The SMILES string of the molecule is CCCCc1c(CO)nnn1-c1cccc(C(=O)OCCC)c1. The first-order chi connectivity index (χ1) is 11.2. The molecule has 0 unspecified atom stereocenters. The summed E-state index contributed by atoms with van der Waals surface area (Å²) in [6.45, 7) is 4.33. The summed E-state index contributed by atoms with van der Waals surface area (Å²) in [7, 11) is 0. The molecule has 23 heavy (non-hydrogen) atoms. The molecule has 6 heteroatoms. The van der Waals surface area contributed by atoms with Gasteiger partial charge >= 0.3 is 5.97 Å². The van der Waals surface area contributed by atoms with Crippen molar-refractivity contribution in [3.63, 3.8) is 0 Å². The van der Waals surface area contributed by atoms with E-state index in [0.29, 0.717) is 17.9 Å². The van der Waals surface area contributed by atoms with E-state index in [1.165, 1.54) is 0 Å². The van der Waals surface area contributed by atoms with Gasteiger partial charge in [-0.15, -0.1) is 5.10 Å². The van der Waals surface area contributed by atoms with Crippen LogP contribution < -0.4 is 0 Å². The van der Waals surface area contributed by atoms with Crippen molar-refractivity contribution in [2.75, 3.05) is 6.61 Å². The molecular formula is C17H23N3O3. The molecular weight excluding hydrogens is 294 g/mol. The highest BCUT2D eigenvalue weighted by Crippen LogP contribution is 2.17. The van der Waals surface area contributed by atoms with Crippen LogP contribution in [0.15, 0.2) is 24.3 Å². The van der Waals surface area contributed by atoms with Gasteiger partial charge in [-0.25, -0.2) is 9.48 Å². The van der Waals surface area contributed by atoms with Gasteiger partial charge in [0.25, 0.3) is 0 Å². The molecule has 1 aromatic heterocycles. The van der Waals surface area contributed by atoms with Gasteiger partial charge in [-0.05, 0) is 37.5 Å². The number of aliphatic hydroxyl groups is 1. The van der Waals surface area contributed by atoms with E-state index < -0.39 is 0 Å². The molecule has 0 saturated heterocycles. The molecule has 124 valence electrons. The third-order valence-electron chi connectivity index (χ3n) is 3.52. The first-order valence-electron chi connectivity index (χ1n) is 8.03. The second kappa shape index (κ2) is 8.43. The Bertz CT molecular complexity index is 652. The summed E-state index contributed by atoms with van der Waals surface area (Å²) >= 11 is 0. The summed E-state index contributed by atoms with van der Waals surface area (Å²) < 4.78 is 6.86. The lowest BCUT2D eigenvalue weighted by atomic mass is 10.1. The summed E-state index contributed by atoms with van der Waals surface area (Å²) in [5.41, 5.74) is 2.69. The minimum absolute atomic E-state index is 0.142. The van der Waals surface area contributed by atoms with Crippen molar-refractivity contribution in [1.29, 1.82) is 0 Å². The summed E-state index contributed by atoms with van der Waals surface area (Å²) in [6, 6.07) is 7.12. The molecule has 0 aliphatic carbocycles. The zero-order valence-electron chi connectivity index (χ0n) is 13.7. The van der Waals surface area contributed by atoms with Crippen LogP contribution in [-0.2, 0) is 17.8 Å². The molecule has 6 nitrogen and oxygen atoms in total. The minimum Gasteiger partial charge on any atom is -0.462 e. The predicted molar refractivity (Wildman–Crippen MR) is 86.5 cm³/mol. The van der Waals surface area contributed by atoms with Crippen LogP contribution in [0, 0.1) is 0 Å². The quantitative estimate of drug-likeness (QED) is 0.757. The molecule has 2 aromatic rings. The first kappa shape index (κ1) is 17.1. The maximum atomic E-state index is 12.0. The Morgan fingerprint density at radius 2 is 2.13 bits per heavy atom. The zero-order chi connectivity index (χ0) is 16.7. The van der Waals surface area contributed by atoms with Crippen molar-refractivity contribution in [3.8, 4) is 5.69 Å². The van der Waals surface area contributed by atoms with E-state index in [9.17, 15) is 9.90 Å². The van der Waals surface area contributed by atoms with Crippen molar-refractivity contribution in [2.24, 2.45) is 0 Å². The zero-order valence-corrected chi connectivity index (χ0v) is 13.7. The molecule has 0 atom stereocenters. The van der Waals surface area contributed by atoms with Gasteiger partial charge in [0.15, 0.2) is 0 Å². The third kappa shape index (κ3) is 4.16. The predicted octanol–water partition coefficient (Wildman–Crippen LogP) is 2.67. The van der Waals surface area contributed by atoms with Crippen LogP contribution in [0.25, 0.3) is 5.69 Å². The Morgan fingerprint density at radius 1 is 1.30 bits per heavy atom. The largest absolute Gasteiger partial charge is 0.462 e. The summed E-state index contributed by atoms with van der Waals surface area (Å²) in [6.07, 6.45) is 3.59. The second-order valence-electron chi connectivity index (χ2n) is 5.34. The lowest BCUT2D eigenvalue weighted by Gasteiger charge is -2.09. The monoisotopic (exact) mass is 317 g/mol. The van der Waals surface area contributed by atoms with Gasteiger partial charge < -0.3 is 9.84 Å². The minimum atomic E-state index is -0.341. The standard InChI is InChI=1S/C17H23N3O3/c1-3-5-9-16-15(12-21)18-19-20(16)14-8-6-7-13(11-14)17(22)23-10-4-2/h6-8,11,21H,3-5,9-10,12H2,1-2H3. The van der Waals surface area contributed by atoms with Crippen molar-refractivity contribution >= 4 is 5.97 Å². The molecule has 0 radical (unpaired) electrons. The van der Waals surface area contributed by atoms with E-state index in [4.69, 9.17) is 4.74 Å². The fourth-order valence-electron chi connectivity index (χ4n) is 2.30. The molecule has 2 rings (SSSR count). The fourth-order valence-corrected chi connectivity index (χ4v) is 2.30. The van der Waals surface area contributed by atoms with Gasteiger partial charge in [-0.3, -0.25) is 0 Å². The van der Waals surface area contributed by atoms with E-state index in [-0.39, 0.29) is 12.6 Å². The number of aromatic nitrogens is 3. The van der Waals surface area contributed by atoms with Crippen LogP contribution in [0.1, 0.15) is 54.9 Å². The van der Waals surface area contributed by atoms with Crippen LogP contribution in [0.4, 0.5) is 0 Å². The highest BCUT2D eigenvalue weighted by molar-refractivity contribution is 5.90. The van der Waals surface area contributed by atoms with Crippen molar-refractivity contribution < 1.29 is 14.6 Å². The molecule has 0 aliphatic heterocycles. The molecule has 0 fully saturated rings. The molecule has 0 aliphatic rings. The van der Waals surface area contributed by atoms with Crippen LogP contribution in [-0.4, -0.2) is 32.7 Å². The molecule has 1 heterocycles. The number of hydrogen-bond acceptors (Lipinski definition) is 5. The number of carbonyl (C=O) groups excluding carboxylic acids is 1. The van der Waals surface area contributed by atoms with E-state index >= 15 is 0 Å². The average molecular weight is 317 g/mol. The number of carbonyl (C=O) groups is 1. The molecule has 0 amide bonds. The Kier molecular flexibility index (Phi) is 6.29. The lowest BCUT2D eigenvalue weighted by Crippen LogP contribution is -2.08. The van der Waals surface area contributed by atoms with Crippen LogP contribution >= 0.6 is 0 Å². The van der Waals surface area contributed by atoms with Crippen molar-refractivity contribution in [3.05, 3.63) is 41.2 Å². The normalized spacial score (nSPS) is 10.7. The molecule has 1 aromatic carbocycles. The maximum absolute atomic E-state index is 12.0. The number of nitrogens with zero attached hydrogens (tertiary/aromatic N) is 3. The van der Waals surface area contributed by atoms with Gasteiger partial charge in [-0.2, -0.15) is 0 Å². The van der Waals surface area contributed by atoms with E-state index in [0.717, 1.165) is 37.1 Å². The Labute approximate surface area is 136 Å². The Morgan fingerprint density at radius 3 is 2.83 bits per heavy atom. The van der Waals surface area contributed by atoms with Gasteiger partial charge in [0, 0.05) is 0 Å². The topological polar surface area (TPSA) is 77.2 Å². The van der Waals surface area contributed by atoms with Crippen LogP contribution in [0.2, 0.25) is 0 Å². The highest BCUT2D eigenvalue weighted by Gasteiger charge is 2.15. The lowest BCUT2D eigenvalue weighted by molar-refractivity contribution is 0.0505. The number of hydrogen-bond donors (Lipinski definition) is 1. The molecule has 0 spiro atoms. The summed E-state index contributed by atoms with van der Waals surface area (Å²) in [5.74, 6) is -0.341. The smallest absolute Gasteiger partial charge is 0.338 e. The molecule has 0 bridgehead atoms. The second-order valence-corrected chi connectivity index (χ2v) is 5.34. The number of rotatable bonds is 8. The fraction of sp³-hybridized carbons (Fsp3) is 0.471. The van der Waals surface area contributed by atoms with E-state index in [2.05, 4.69) is 17.2 Å². The average Bonchev–Trinajstić information content (AvgIpc) is 3.00. The van der Waals surface area contributed by atoms with Gasteiger partial charge in [-0.1, -0.05) is 31.5 Å². The van der Waals surface area contributed by atoms with E-state index in [1.807, 2.05) is 13.0 Å². The molecule has 1 N–H and O–H groups in total. The third-order valence-corrected chi connectivity index (χ3v) is 3.52. The summed E-state index contributed by atoms with van der Waals surface area (Å²) in [4.78, 5) is 12.0. The van der Waals surface area contributed by atoms with Crippen LogP contribution in [0.5, 0.6) is 0 Å². The highest BCUT2D eigenvalue weighted by atomic mass is 16.5. The number of benzene rings is 1. The van der Waals surface area contributed by atoms with Gasteiger partial charge in [0.1, 0.15) is 5.69 Å². The number of ether oxygens (including phenoxy) is 1. The van der Waals surface area contributed by atoms with Crippen LogP contribution in [0.3, 0.4) is 0 Å². The van der Waals surface area contributed by atoms with Crippen molar-refractivity contribution in [1.82, 2.24) is 15.0 Å². The first-order valence-corrected chi connectivity index (χ1v) is 8.03. The number of aliphatic hydroxyl groups excluding tert-OH is 1. The number of esters is 1. The number of unbranched alkanes of at least 4 members (excludes halogenated alkanes) is 1. The molecule has 0 saturated carbocycles. The summed E-state index contributed by atoms with van der Waals surface area (Å²) in [5, 5.41) is 17.6. The maximum Gasteiger partial charge on any atom is 0.338 e. The van der Waals surface area contributed by atoms with E-state index in [1.54, 1.807) is 22.9 Å². The Balaban J connectivity index is 2.31. The Hall–Kier alpha value is -2.21. The van der Waals surface area contributed by atoms with Gasteiger partial charge in [0.2, 0.25) is 0 Å². The van der Waals surface area contributed by atoms with Crippen molar-refractivity contribution in [2.45, 2.75) is 46.1 Å².